The van der Waals surface area contributed by atoms with Gasteiger partial charge in [0.15, 0.2) is 0 Å². The molecule has 1 saturated heterocycles. The van der Waals surface area contributed by atoms with Crippen LogP contribution in [0.15, 0.2) is 0 Å². The minimum atomic E-state index is -3.05. The fourth-order valence-electron chi connectivity index (χ4n) is 2.23. The van der Waals surface area contributed by atoms with Crippen LogP contribution in [0.1, 0.15) is 46.0 Å². The molecule has 17 heavy (non-hydrogen) atoms. The first-order valence-electron chi connectivity index (χ1n) is 6.55. The molecule has 1 fully saturated rings. The van der Waals surface area contributed by atoms with Gasteiger partial charge in [0.25, 0.3) is 0 Å². The van der Waals surface area contributed by atoms with E-state index in [1.54, 1.807) is 4.31 Å². The number of hydrogen-bond acceptors (Lipinski definition) is 3. The molecule has 0 spiro atoms. The molecule has 0 aliphatic carbocycles. The van der Waals surface area contributed by atoms with E-state index in [0.717, 1.165) is 25.7 Å². The number of sulfonamides is 1. The molecule has 0 radical (unpaired) electrons. The number of nitrogens with zero attached hydrogens (tertiary/aromatic N) is 1. The van der Waals surface area contributed by atoms with Gasteiger partial charge in [-0.1, -0.05) is 13.8 Å². The quantitative estimate of drug-likeness (QED) is 0.765. The zero-order valence-corrected chi connectivity index (χ0v) is 11.9. The predicted octanol–water partition coefficient (Wildman–Crippen LogP) is 1.57. The standard InChI is InChI=1S/C12H26N2O2S/c1-12(2)6-5-9-14(10-7-12)17(15,16)11-4-3-8-13/h3-11,13H2,1-2H3. The Labute approximate surface area is 106 Å². The van der Waals surface area contributed by atoms with Gasteiger partial charge < -0.3 is 5.73 Å². The van der Waals surface area contributed by atoms with E-state index in [0.29, 0.717) is 26.1 Å². The largest absolute Gasteiger partial charge is 0.330 e. The van der Waals surface area contributed by atoms with Crippen LogP contribution in [0.3, 0.4) is 0 Å². The molecule has 0 aromatic carbocycles. The summed E-state index contributed by atoms with van der Waals surface area (Å²) in [5, 5.41) is 0. The Balaban J connectivity index is 2.54. The normalized spacial score (nSPS) is 22.3. The fraction of sp³-hybridized carbons (Fsp3) is 1.00. The van der Waals surface area contributed by atoms with Gasteiger partial charge in [-0.15, -0.1) is 0 Å². The van der Waals surface area contributed by atoms with E-state index in [1.807, 2.05) is 0 Å². The molecule has 1 aliphatic rings. The number of hydrogen-bond donors (Lipinski definition) is 1. The predicted molar refractivity (Wildman–Crippen MR) is 71.3 cm³/mol. The van der Waals surface area contributed by atoms with Gasteiger partial charge in [-0.3, -0.25) is 0 Å². The molecule has 0 aromatic heterocycles. The van der Waals surface area contributed by atoms with E-state index < -0.39 is 10.0 Å². The molecule has 5 heteroatoms. The molecule has 0 aromatic rings. The zero-order valence-electron chi connectivity index (χ0n) is 11.1. The van der Waals surface area contributed by atoms with Crippen molar-refractivity contribution >= 4 is 10.0 Å². The fourth-order valence-corrected chi connectivity index (χ4v) is 3.84. The molecule has 0 saturated carbocycles. The Hall–Kier alpha value is -0.130. The molecule has 102 valence electrons. The third kappa shape index (κ3) is 4.94. The van der Waals surface area contributed by atoms with E-state index in [9.17, 15) is 8.42 Å². The van der Waals surface area contributed by atoms with Gasteiger partial charge in [-0.05, 0) is 44.1 Å². The van der Waals surface area contributed by atoms with E-state index in [4.69, 9.17) is 5.73 Å². The van der Waals surface area contributed by atoms with E-state index in [2.05, 4.69) is 13.8 Å². The smallest absolute Gasteiger partial charge is 0.214 e. The van der Waals surface area contributed by atoms with E-state index >= 15 is 0 Å². The lowest BCUT2D eigenvalue weighted by Gasteiger charge is -2.23. The molecule has 0 atom stereocenters. The van der Waals surface area contributed by atoms with Gasteiger partial charge in [0.2, 0.25) is 10.0 Å². The van der Waals surface area contributed by atoms with Crippen molar-refractivity contribution in [3.63, 3.8) is 0 Å². The van der Waals surface area contributed by atoms with Crippen molar-refractivity contribution in [3.8, 4) is 0 Å². The van der Waals surface area contributed by atoms with Gasteiger partial charge in [0, 0.05) is 13.1 Å². The summed E-state index contributed by atoms with van der Waals surface area (Å²) in [7, 11) is -3.05. The van der Waals surface area contributed by atoms with Gasteiger partial charge in [-0.2, -0.15) is 0 Å². The third-order valence-corrected chi connectivity index (χ3v) is 5.51. The second-order valence-corrected chi connectivity index (χ2v) is 7.82. The minimum absolute atomic E-state index is 0.255. The second kappa shape index (κ2) is 6.16. The molecule has 2 N–H and O–H groups in total. The van der Waals surface area contributed by atoms with Crippen molar-refractivity contribution < 1.29 is 8.42 Å². The average Bonchev–Trinajstić information content (AvgIpc) is 2.40. The van der Waals surface area contributed by atoms with Crippen molar-refractivity contribution in [3.05, 3.63) is 0 Å². The Morgan fingerprint density at radius 3 is 2.53 bits per heavy atom. The SMILES string of the molecule is CC1(C)CCCN(S(=O)(=O)CCCCN)CC1. The topological polar surface area (TPSA) is 63.4 Å². The zero-order chi connectivity index (χ0) is 12.9. The van der Waals surface area contributed by atoms with Crippen LogP contribution in [-0.4, -0.2) is 38.1 Å². The highest BCUT2D eigenvalue weighted by Gasteiger charge is 2.28. The van der Waals surface area contributed by atoms with Crippen LogP contribution < -0.4 is 5.73 Å². The third-order valence-electron chi connectivity index (χ3n) is 3.55. The molecule has 1 heterocycles. The van der Waals surface area contributed by atoms with Gasteiger partial charge in [0.1, 0.15) is 0 Å². The van der Waals surface area contributed by atoms with E-state index in [1.165, 1.54) is 0 Å². The summed E-state index contributed by atoms with van der Waals surface area (Å²) in [6.07, 6.45) is 4.52. The maximum atomic E-state index is 12.1. The van der Waals surface area contributed by atoms with Crippen LogP contribution in [0.4, 0.5) is 0 Å². The first-order valence-corrected chi connectivity index (χ1v) is 8.16. The summed E-state index contributed by atoms with van der Waals surface area (Å²) in [6.45, 7) is 6.38. The van der Waals surface area contributed by atoms with Crippen LogP contribution in [0.25, 0.3) is 0 Å². The van der Waals surface area contributed by atoms with Gasteiger partial charge >= 0.3 is 0 Å². The van der Waals surface area contributed by atoms with Crippen LogP contribution in [0.2, 0.25) is 0 Å². The maximum Gasteiger partial charge on any atom is 0.214 e. The molecule has 1 rings (SSSR count). The van der Waals surface area contributed by atoms with Crippen molar-refractivity contribution in [2.45, 2.75) is 46.0 Å². The van der Waals surface area contributed by atoms with Crippen LogP contribution in [0.5, 0.6) is 0 Å². The van der Waals surface area contributed by atoms with Crippen molar-refractivity contribution in [2.24, 2.45) is 11.1 Å². The summed E-state index contributed by atoms with van der Waals surface area (Å²) in [6, 6.07) is 0. The molecular formula is C12H26N2O2S. The van der Waals surface area contributed by atoms with Crippen molar-refractivity contribution in [1.29, 1.82) is 0 Å². The Morgan fingerprint density at radius 1 is 1.18 bits per heavy atom. The number of nitrogens with two attached hydrogens (primary N) is 1. The summed E-state index contributed by atoms with van der Waals surface area (Å²) in [5.74, 6) is 0.255. The minimum Gasteiger partial charge on any atom is -0.330 e. The molecule has 0 unspecified atom stereocenters. The van der Waals surface area contributed by atoms with Gasteiger partial charge in [0.05, 0.1) is 5.75 Å². The van der Waals surface area contributed by atoms with E-state index in [-0.39, 0.29) is 11.2 Å². The Morgan fingerprint density at radius 2 is 1.88 bits per heavy atom. The van der Waals surface area contributed by atoms with Crippen molar-refractivity contribution in [1.82, 2.24) is 4.31 Å². The number of unbranched alkanes of at least 4 members (excludes halogenated alkanes) is 1. The monoisotopic (exact) mass is 262 g/mol. The maximum absolute atomic E-state index is 12.1. The molecule has 4 nitrogen and oxygen atoms in total. The van der Waals surface area contributed by atoms with Crippen LogP contribution in [0, 0.1) is 5.41 Å². The molecule has 1 aliphatic heterocycles. The van der Waals surface area contributed by atoms with Gasteiger partial charge in [-0.25, -0.2) is 12.7 Å². The first-order chi connectivity index (χ1) is 7.87. The van der Waals surface area contributed by atoms with Crippen molar-refractivity contribution in [2.75, 3.05) is 25.4 Å². The van der Waals surface area contributed by atoms with Crippen LogP contribution in [-0.2, 0) is 10.0 Å². The average molecular weight is 262 g/mol. The summed E-state index contributed by atoms with van der Waals surface area (Å²) >= 11 is 0. The second-order valence-electron chi connectivity index (χ2n) is 5.73. The number of rotatable bonds is 5. The van der Waals surface area contributed by atoms with Crippen LogP contribution >= 0.6 is 0 Å². The molecule has 0 amide bonds. The Kier molecular flexibility index (Phi) is 5.41. The highest BCUT2D eigenvalue weighted by atomic mass is 32.2. The summed E-state index contributed by atoms with van der Waals surface area (Å²) < 4.78 is 25.9. The first kappa shape index (κ1) is 14.9. The lowest BCUT2D eigenvalue weighted by molar-refractivity contribution is 0.314. The highest BCUT2D eigenvalue weighted by Crippen LogP contribution is 2.30. The Bertz CT molecular complexity index is 325. The molecular weight excluding hydrogens is 236 g/mol. The summed E-state index contributed by atoms with van der Waals surface area (Å²) in [5.41, 5.74) is 5.67. The lowest BCUT2D eigenvalue weighted by atomic mass is 9.85. The molecule has 0 bridgehead atoms. The highest BCUT2D eigenvalue weighted by molar-refractivity contribution is 7.89. The summed E-state index contributed by atoms with van der Waals surface area (Å²) in [4.78, 5) is 0. The lowest BCUT2D eigenvalue weighted by Crippen LogP contribution is -2.34.